The minimum absolute atomic E-state index is 0.0135. The smallest absolute Gasteiger partial charge is 0.264 e. The van der Waals surface area contributed by atoms with E-state index >= 15 is 0 Å². The van der Waals surface area contributed by atoms with Crippen molar-refractivity contribution in [2.24, 2.45) is 0 Å². The Bertz CT molecular complexity index is 3710. The summed E-state index contributed by atoms with van der Waals surface area (Å²) in [5.41, 5.74) is 28.0. The quantitative estimate of drug-likeness (QED) is 0.153. The van der Waals surface area contributed by atoms with Crippen molar-refractivity contribution in [3.8, 4) is 44.5 Å². The van der Waals surface area contributed by atoms with E-state index < -0.39 is 5.41 Å². The van der Waals surface area contributed by atoms with Crippen LogP contribution in [0.4, 0.5) is 34.1 Å². The molecule has 0 fully saturated rings. The van der Waals surface area contributed by atoms with Crippen LogP contribution >= 0.6 is 11.3 Å². The van der Waals surface area contributed by atoms with Gasteiger partial charge in [0.25, 0.3) is 6.71 Å². The molecular formula is C66H51BN2S. The van der Waals surface area contributed by atoms with E-state index in [0.29, 0.717) is 11.8 Å². The fraction of sp³-hybridized carbons (Fsp3) is 0.121. The summed E-state index contributed by atoms with van der Waals surface area (Å²) in [6, 6.07) is 78.7. The predicted octanol–water partition coefficient (Wildman–Crippen LogP) is 16.1. The molecule has 9 aromatic carbocycles. The van der Waals surface area contributed by atoms with Gasteiger partial charge in [-0.1, -0.05) is 197 Å². The van der Waals surface area contributed by atoms with Crippen molar-refractivity contribution in [3.05, 3.63) is 245 Å². The fourth-order valence-corrected chi connectivity index (χ4v) is 14.3. The zero-order valence-electron chi connectivity index (χ0n) is 40.2. The maximum Gasteiger partial charge on any atom is 0.264 e. The van der Waals surface area contributed by atoms with Gasteiger partial charge in [-0.3, -0.25) is 0 Å². The molecule has 0 saturated carbocycles. The first-order valence-electron chi connectivity index (χ1n) is 25.0. The molecule has 334 valence electrons. The molecule has 0 N–H and O–H groups in total. The van der Waals surface area contributed by atoms with E-state index in [9.17, 15) is 0 Å². The van der Waals surface area contributed by atoms with E-state index in [0.717, 1.165) is 5.69 Å². The molecule has 0 bridgehead atoms. The lowest BCUT2D eigenvalue weighted by Gasteiger charge is -2.43. The summed E-state index contributed by atoms with van der Waals surface area (Å²) in [5, 5.41) is 0. The molecule has 4 aliphatic rings. The van der Waals surface area contributed by atoms with Gasteiger partial charge in [-0.2, -0.15) is 0 Å². The van der Waals surface area contributed by atoms with Gasteiger partial charge in [0.2, 0.25) is 0 Å². The summed E-state index contributed by atoms with van der Waals surface area (Å²) in [6.07, 6.45) is 0. The van der Waals surface area contributed by atoms with E-state index in [2.05, 4.69) is 262 Å². The van der Waals surface area contributed by atoms with Crippen LogP contribution in [0.3, 0.4) is 0 Å². The van der Waals surface area contributed by atoms with Gasteiger partial charge in [0, 0.05) is 43.7 Å². The number of aryl methyl sites for hydroxylation is 1. The molecule has 3 heterocycles. The molecule has 2 aliphatic heterocycles. The standard InChI is InChI=1S/C66H51BN2S/c1-40(2)44-29-34-49(43-17-8-6-9-18-43)53(37-44)46-31-36-57-60(39-46)68(47-19-10-7-11-20-47)58-25-16-26-59-62(58)67(57)65-63(69(59)48-32-27-42(5)28-33-48)61-52-35-30-45(41(3)4)38-56(52)66(64(61)70-65)54-23-14-12-21-50(54)51-22-13-15-24-55(51)66/h6-41H,1-5H3. The first-order valence-corrected chi connectivity index (χ1v) is 25.8. The van der Waals surface area contributed by atoms with Crippen LogP contribution in [0.25, 0.3) is 44.5 Å². The number of thiophene rings is 1. The summed E-state index contributed by atoms with van der Waals surface area (Å²) in [4.78, 5) is 6.62. The van der Waals surface area contributed by atoms with Gasteiger partial charge in [-0.15, -0.1) is 11.3 Å². The zero-order valence-corrected chi connectivity index (χ0v) is 41.0. The molecule has 0 atom stereocenters. The number of nitrogens with zero attached hydrogens (tertiary/aromatic N) is 2. The Morgan fingerprint density at radius 3 is 1.73 bits per heavy atom. The molecule has 4 heteroatoms. The molecule has 0 saturated heterocycles. The largest absolute Gasteiger partial charge is 0.311 e. The van der Waals surface area contributed by atoms with E-state index in [4.69, 9.17) is 0 Å². The van der Waals surface area contributed by atoms with E-state index in [1.54, 1.807) is 0 Å². The average Bonchev–Trinajstić information content (AvgIpc) is 4.03. The van der Waals surface area contributed by atoms with Gasteiger partial charge < -0.3 is 9.80 Å². The summed E-state index contributed by atoms with van der Waals surface area (Å²) in [5.74, 6) is 0.790. The van der Waals surface area contributed by atoms with E-state index in [1.165, 1.54) is 127 Å². The number of hydrogen-bond acceptors (Lipinski definition) is 3. The predicted molar refractivity (Wildman–Crippen MR) is 298 cm³/mol. The minimum atomic E-state index is -0.467. The number of hydrogen-bond donors (Lipinski definition) is 0. The van der Waals surface area contributed by atoms with Gasteiger partial charge in [0.05, 0.1) is 11.1 Å². The summed E-state index contributed by atoms with van der Waals surface area (Å²) in [6.45, 7) is 11.4. The van der Waals surface area contributed by atoms with E-state index in [1.807, 2.05) is 0 Å². The van der Waals surface area contributed by atoms with E-state index in [-0.39, 0.29) is 6.71 Å². The molecule has 2 aliphatic carbocycles. The highest BCUT2D eigenvalue weighted by Crippen LogP contribution is 2.67. The van der Waals surface area contributed by atoms with Crippen molar-refractivity contribution >= 4 is 67.9 Å². The molecular weight excluding hydrogens is 864 g/mol. The molecule has 0 unspecified atom stereocenters. The van der Waals surface area contributed by atoms with Crippen LogP contribution in [0.5, 0.6) is 0 Å². The zero-order chi connectivity index (χ0) is 47.0. The highest BCUT2D eigenvalue weighted by Gasteiger charge is 2.57. The molecule has 0 amide bonds. The third kappa shape index (κ3) is 5.69. The molecule has 1 aromatic heterocycles. The Balaban J connectivity index is 1.10. The second-order valence-electron chi connectivity index (χ2n) is 20.4. The third-order valence-corrected chi connectivity index (χ3v) is 17.3. The summed E-state index contributed by atoms with van der Waals surface area (Å²) >= 11 is 2.06. The Kier molecular flexibility index (Phi) is 9.11. The maximum absolute atomic E-state index is 2.64. The normalized spacial score (nSPS) is 14.1. The van der Waals surface area contributed by atoms with Crippen molar-refractivity contribution in [2.45, 2.75) is 51.9 Å². The van der Waals surface area contributed by atoms with Crippen molar-refractivity contribution in [1.82, 2.24) is 0 Å². The van der Waals surface area contributed by atoms with Crippen LogP contribution in [0.15, 0.2) is 206 Å². The van der Waals surface area contributed by atoms with Crippen LogP contribution in [0.2, 0.25) is 0 Å². The highest BCUT2D eigenvalue weighted by molar-refractivity contribution is 7.30. The number of anilines is 6. The summed E-state index contributed by atoms with van der Waals surface area (Å²) < 4.78 is 1.40. The van der Waals surface area contributed by atoms with Gasteiger partial charge in [-0.05, 0) is 139 Å². The number of rotatable bonds is 6. The molecule has 1 spiro atoms. The third-order valence-electron chi connectivity index (χ3n) is 15.9. The van der Waals surface area contributed by atoms with Gasteiger partial charge in [0.15, 0.2) is 0 Å². The van der Waals surface area contributed by atoms with Crippen LogP contribution in [-0.4, -0.2) is 6.71 Å². The Labute approximate surface area is 416 Å². The summed E-state index contributed by atoms with van der Waals surface area (Å²) in [7, 11) is 0. The lowest BCUT2D eigenvalue weighted by atomic mass is 9.36. The van der Waals surface area contributed by atoms with Crippen molar-refractivity contribution < 1.29 is 0 Å². The van der Waals surface area contributed by atoms with Crippen LogP contribution in [0.1, 0.15) is 77.8 Å². The van der Waals surface area contributed by atoms with Gasteiger partial charge in [0.1, 0.15) is 0 Å². The molecule has 70 heavy (non-hydrogen) atoms. The second kappa shape index (κ2) is 15.4. The van der Waals surface area contributed by atoms with Crippen molar-refractivity contribution in [1.29, 1.82) is 0 Å². The van der Waals surface area contributed by atoms with Crippen LogP contribution in [0, 0.1) is 6.92 Å². The number of fused-ring (bicyclic) bond motifs is 15. The lowest BCUT2D eigenvalue weighted by Crippen LogP contribution is -2.60. The Morgan fingerprint density at radius 1 is 0.443 bits per heavy atom. The first-order chi connectivity index (χ1) is 34.3. The molecule has 0 radical (unpaired) electrons. The molecule has 2 nitrogen and oxygen atoms in total. The number of benzene rings is 9. The lowest BCUT2D eigenvalue weighted by molar-refractivity contribution is 0.799. The topological polar surface area (TPSA) is 6.48 Å². The average molecular weight is 915 g/mol. The first kappa shape index (κ1) is 41.3. The van der Waals surface area contributed by atoms with Crippen molar-refractivity contribution in [2.75, 3.05) is 9.80 Å². The van der Waals surface area contributed by atoms with Crippen molar-refractivity contribution in [3.63, 3.8) is 0 Å². The Morgan fingerprint density at radius 2 is 1.04 bits per heavy atom. The minimum Gasteiger partial charge on any atom is -0.311 e. The molecule has 10 aromatic rings. The second-order valence-corrected chi connectivity index (χ2v) is 21.5. The fourth-order valence-electron chi connectivity index (χ4n) is 12.6. The van der Waals surface area contributed by atoms with Gasteiger partial charge in [-0.25, -0.2) is 0 Å². The highest BCUT2D eigenvalue weighted by atomic mass is 32.1. The Hall–Kier alpha value is -7.66. The van der Waals surface area contributed by atoms with Crippen LogP contribution < -0.4 is 25.5 Å². The maximum atomic E-state index is 2.64. The molecule has 14 rings (SSSR count). The van der Waals surface area contributed by atoms with Crippen LogP contribution in [-0.2, 0) is 5.41 Å². The number of para-hydroxylation sites is 1. The monoisotopic (exact) mass is 914 g/mol. The SMILES string of the molecule is Cc1ccc(N2c3cccc4c3B(c3ccc(-c5cc(C(C)C)ccc5-c5ccccc5)cc3N4c3ccccc3)c3sc4c(c32)-c2ccc(C(C)C)cc2C42c3ccccc3-c3ccccc32)cc1. The van der Waals surface area contributed by atoms with Gasteiger partial charge >= 0.3 is 0 Å².